The van der Waals surface area contributed by atoms with E-state index < -0.39 is 0 Å². The van der Waals surface area contributed by atoms with Crippen molar-refractivity contribution in [2.24, 2.45) is 11.7 Å². The monoisotopic (exact) mass is 273 g/mol. The molecule has 2 rings (SSSR count). The summed E-state index contributed by atoms with van der Waals surface area (Å²) >= 11 is 7.19. The maximum Gasteiger partial charge on any atom is 0.267 e. The Labute approximate surface area is 110 Å². The van der Waals surface area contributed by atoms with E-state index in [1.54, 1.807) is 5.51 Å². The molecule has 0 radical (unpaired) electrons. The molecule has 1 aliphatic heterocycles. The molecule has 2 heterocycles. The normalized spacial score (nSPS) is 25.0. The van der Waals surface area contributed by atoms with Gasteiger partial charge in [-0.05, 0) is 18.8 Å². The molecule has 17 heavy (non-hydrogen) atoms. The molecule has 0 bridgehead atoms. The molecule has 1 aromatic heterocycles. The highest BCUT2D eigenvalue weighted by atomic mass is 35.5. The first-order valence-electron chi connectivity index (χ1n) is 5.75. The van der Waals surface area contributed by atoms with E-state index in [-0.39, 0.29) is 11.9 Å². The lowest BCUT2D eigenvalue weighted by Gasteiger charge is -2.39. The number of rotatable bonds is 2. The number of amides is 1. The molecule has 0 aromatic carbocycles. The summed E-state index contributed by atoms with van der Waals surface area (Å²) in [5.74, 6) is 0.420. The number of hydrogen-bond acceptors (Lipinski definition) is 4. The second kappa shape index (κ2) is 5.33. The largest absolute Gasteiger partial charge is 0.333 e. The molecule has 0 aliphatic carbocycles. The van der Waals surface area contributed by atoms with Gasteiger partial charge < -0.3 is 10.6 Å². The second-order valence-corrected chi connectivity index (χ2v) is 5.61. The Kier molecular flexibility index (Phi) is 4.01. The number of aromatic nitrogens is 1. The van der Waals surface area contributed by atoms with Crippen molar-refractivity contribution in [3.63, 3.8) is 0 Å². The number of nitrogens with two attached hydrogens (primary N) is 1. The molecule has 2 atom stereocenters. The molecule has 0 saturated carbocycles. The zero-order valence-corrected chi connectivity index (χ0v) is 11.3. The lowest BCUT2D eigenvalue weighted by Crippen LogP contribution is -2.51. The van der Waals surface area contributed by atoms with E-state index >= 15 is 0 Å². The van der Waals surface area contributed by atoms with Crippen molar-refractivity contribution in [2.75, 3.05) is 13.1 Å². The average Bonchev–Trinajstić information content (AvgIpc) is 2.74. The van der Waals surface area contributed by atoms with Gasteiger partial charge in [-0.2, -0.15) is 0 Å². The molecular formula is C11H16ClN3OS. The average molecular weight is 274 g/mol. The van der Waals surface area contributed by atoms with Crippen molar-refractivity contribution in [1.82, 2.24) is 9.88 Å². The third kappa shape index (κ3) is 2.46. The van der Waals surface area contributed by atoms with E-state index in [1.807, 2.05) is 4.90 Å². The molecule has 1 aromatic rings. The molecule has 1 fully saturated rings. The maximum atomic E-state index is 12.4. The number of piperidine rings is 1. The quantitative estimate of drug-likeness (QED) is 0.897. The summed E-state index contributed by atoms with van der Waals surface area (Å²) in [4.78, 5) is 18.6. The Bertz CT molecular complexity index is 409. The highest BCUT2D eigenvalue weighted by Gasteiger charge is 2.32. The van der Waals surface area contributed by atoms with Gasteiger partial charge in [-0.25, -0.2) is 4.98 Å². The number of likely N-dealkylation sites (tertiary alicyclic amines) is 1. The van der Waals surface area contributed by atoms with Crippen LogP contribution < -0.4 is 5.73 Å². The topological polar surface area (TPSA) is 59.2 Å². The predicted octanol–water partition coefficient (Wildman–Crippen LogP) is 2.00. The minimum Gasteiger partial charge on any atom is -0.333 e. The van der Waals surface area contributed by atoms with Crippen LogP contribution in [0.1, 0.15) is 29.4 Å². The summed E-state index contributed by atoms with van der Waals surface area (Å²) < 4.78 is 0. The molecule has 1 amide bonds. The first kappa shape index (κ1) is 12.8. The van der Waals surface area contributed by atoms with Gasteiger partial charge in [-0.15, -0.1) is 11.3 Å². The number of carbonyl (C=O) groups excluding carboxylic acids is 1. The van der Waals surface area contributed by atoms with E-state index in [0.717, 1.165) is 19.4 Å². The summed E-state index contributed by atoms with van der Waals surface area (Å²) in [5.41, 5.74) is 7.37. The van der Waals surface area contributed by atoms with Gasteiger partial charge in [0, 0.05) is 19.1 Å². The highest BCUT2D eigenvalue weighted by molar-refractivity contribution is 7.12. The van der Waals surface area contributed by atoms with E-state index in [0.29, 0.717) is 22.5 Å². The number of thiazole rings is 1. The smallest absolute Gasteiger partial charge is 0.267 e. The predicted molar refractivity (Wildman–Crippen MR) is 69.4 cm³/mol. The Morgan fingerprint density at radius 2 is 2.53 bits per heavy atom. The number of hydrogen-bond donors (Lipinski definition) is 1. The van der Waals surface area contributed by atoms with Gasteiger partial charge in [-0.3, -0.25) is 4.79 Å². The van der Waals surface area contributed by atoms with Gasteiger partial charge in [0.2, 0.25) is 0 Å². The lowest BCUT2D eigenvalue weighted by molar-refractivity contribution is 0.0537. The van der Waals surface area contributed by atoms with Crippen LogP contribution in [0.5, 0.6) is 0 Å². The van der Waals surface area contributed by atoms with E-state index in [2.05, 4.69) is 11.9 Å². The highest BCUT2D eigenvalue weighted by Crippen LogP contribution is 2.27. The molecule has 94 valence electrons. The standard InChI is InChI=1S/C11H16ClN3OS/c1-7-3-2-4-15(8(7)5-13)11(16)9-10(12)14-6-17-9/h6-8H,2-5,13H2,1H3. The van der Waals surface area contributed by atoms with Gasteiger partial charge in [0.1, 0.15) is 4.88 Å². The van der Waals surface area contributed by atoms with Crippen molar-refractivity contribution in [3.05, 3.63) is 15.5 Å². The SMILES string of the molecule is CC1CCCN(C(=O)c2scnc2Cl)C1CN. The van der Waals surface area contributed by atoms with Crippen molar-refractivity contribution < 1.29 is 4.79 Å². The summed E-state index contributed by atoms with van der Waals surface area (Å²) in [5, 5.41) is 0.300. The molecule has 4 nitrogen and oxygen atoms in total. The van der Waals surface area contributed by atoms with E-state index in [4.69, 9.17) is 17.3 Å². The zero-order valence-electron chi connectivity index (χ0n) is 9.73. The Morgan fingerprint density at radius 3 is 3.12 bits per heavy atom. The van der Waals surface area contributed by atoms with Crippen LogP contribution in [0, 0.1) is 5.92 Å². The summed E-state index contributed by atoms with van der Waals surface area (Å²) in [6.07, 6.45) is 2.15. The fraction of sp³-hybridized carbons (Fsp3) is 0.636. The van der Waals surface area contributed by atoms with Crippen LogP contribution in [0.15, 0.2) is 5.51 Å². The molecule has 1 saturated heterocycles. The molecular weight excluding hydrogens is 258 g/mol. The Hall–Kier alpha value is -0.650. The van der Waals surface area contributed by atoms with Crippen LogP contribution in [0.25, 0.3) is 0 Å². The van der Waals surface area contributed by atoms with Crippen LogP contribution in [0.3, 0.4) is 0 Å². The van der Waals surface area contributed by atoms with E-state index in [1.165, 1.54) is 11.3 Å². The lowest BCUT2D eigenvalue weighted by atomic mass is 9.90. The third-order valence-electron chi connectivity index (χ3n) is 3.34. The third-order valence-corrected chi connectivity index (χ3v) is 4.55. The maximum absolute atomic E-state index is 12.4. The fourth-order valence-corrected chi connectivity index (χ4v) is 3.32. The van der Waals surface area contributed by atoms with Crippen molar-refractivity contribution in [2.45, 2.75) is 25.8 Å². The fourth-order valence-electron chi connectivity index (χ4n) is 2.36. The first-order valence-corrected chi connectivity index (χ1v) is 7.01. The number of nitrogens with zero attached hydrogens (tertiary/aromatic N) is 2. The number of carbonyl (C=O) groups is 1. The molecule has 0 spiro atoms. The van der Waals surface area contributed by atoms with Gasteiger partial charge in [0.25, 0.3) is 5.91 Å². The zero-order chi connectivity index (χ0) is 12.4. The second-order valence-electron chi connectivity index (χ2n) is 4.39. The van der Waals surface area contributed by atoms with Crippen molar-refractivity contribution in [3.8, 4) is 0 Å². The number of halogens is 1. The molecule has 6 heteroatoms. The molecule has 1 aliphatic rings. The van der Waals surface area contributed by atoms with Crippen LogP contribution >= 0.6 is 22.9 Å². The summed E-state index contributed by atoms with van der Waals surface area (Å²) in [6.45, 7) is 3.41. The van der Waals surface area contributed by atoms with E-state index in [9.17, 15) is 4.79 Å². The summed E-state index contributed by atoms with van der Waals surface area (Å²) in [6, 6.07) is 0.120. The van der Waals surface area contributed by atoms with Crippen LogP contribution in [0.2, 0.25) is 5.15 Å². The van der Waals surface area contributed by atoms with Crippen LogP contribution in [-0.4, -0.2) is 34.9 Å². The van der Waals surface area contributed by atoms with Crippen molar-refractivity contribution >= 4 is 28.8 Å². The van der Waals surface area contributed by atoms with Gasteiger partial charge in [0.15, 0.2) is 5.15 Å². The van der Waals surface area contributed by atoms with Gasteiger partial charge in [-0.1, -0.05) is 18.5 Å². The molecule has 2 unspecified atom stereocenters. The molecule has 2 N–H and O–H groups in total. The summed E-state index contributed by atoms with van der Waals surface area (Å²) in [7, 11) is 0. The van der Waals surface area contributed by atoms with Crippen molar-refractivity contribution in [1.29, 1.82) is 0 Å². The van der Waals surface area contributed by atoms with Crippen LogP contribution in [0.4, 0.5) is 0 Å². The van der Waals surface area contributed by atoms with Gasteiger partial charge in [0.05, 0.1) is 5.51 Å². The minimum atomic E-state index is -0.0282. The Morgan fingerprint density at radius 1 is 1.76 bits per heavy atom. The first-order chi connectivity index (χ1) is 8.15. The minimum absolute atomic E-state index is 0.0282. The Balaban J connectivity index is 2.21. The van der Waals surface area contributed by atoms with Gasteiger partial charge >= 0.3 is 0 Å². The van der Waals surface area contributed by atoms with Crippen LogP contribution in [-0.2, 0) is 0 Å².